The van der Waals surface area contributed by atoms with Gasteiger partial charge in [-0.25, -0.2) is 9.07 Å². The van der Waals surface area contributed by atoms with Gasteiger partial charge in [-0.1, -0.05) is 6.42 Å². The van der Waals surface area contributed by atoms with Gasteiger partial charge in [-0.2, -0.15) is 0 Å². The molecule has 0 unspecified atom stereocenters. The Labute approximate surface area is 120 Å². The number of hydrogen-bond acceptors (Lipinski definition) is 5. The summed E-state index contributed by atoms with van der Waals surface area (Å²) >= 11 is 0. The smallest absolute Gasteiger partial charge is 0.241 e. The molecule has 7 nitrogen and oxygen atoms in total. The largest absolute Gasteiger partial charge is 0.322 e. The Bertz CT molecular complexity index is 624. The highest BCUT2D eigenvalue weighted by Crippen LogP contribution is 2.19. The van der Waals surface area contributed by atoms with Crippen molar-refractivity contribution >= 4 is 11.6 Å². The topological polar surface area (TPSA) is 84.7 Å². The average molecular weight is 290 g/mol. The van der Waals surface area contributed by atoms with Crippen LogP contribution in [0.5, 0.6) is 0 Å². The van der Waals surface area contributed by atoms with Crippen molar-refractivity contribution in [3.05, 3.63) is 30.3 Å². The summed E-state index contributed by atoms with van der Waals surface area (Å²) in [5.74, 6) is -0.710. The molecule has 1 atom stereocenters. The fourth-order valence-electron chi connectivity index (χ4n) is 2.33. The number of piperidine rings is 1. The number of anilines is 1. The third-order valence-electron chi connectivity index (χ3n) is 3.45. The van der Waals surface area contributed by atoms with E-state index in [1.54, 1.807) is 6.07 Å². The fraction of sp³-hybridized carbons (Fsp3) is 0.385. The van der Waals surface area contributed by atoms with Crippen LogP contribution < -0.4 is 10.6 Å². The summed E-state index contributed by atoms with van der Waals surface area (Å²) in [6.07, 6.45) is 4.23. The van der Waals surface area contributed by atoms with Gasteiger partial charge in [0, 0.05) is 0 Å². The van der Waals surface area contributed by atoms with Crippen LogP contribution in [0.2, 0.25) is 0 Å². The second kappa shape index (κ2) is 5.96. The van der Waals surface area contributed by atoms with Crippen LogP contribution in [0.15, 0.2) is 24.5 Å². The predicted molar refractivity (Wildman–Crippen MR) is 73.4 cm³/mol. The minimum absolute atomic E-state index is 0.125. The molecule has 110 valence electrons. The van der Waals surface area contributed by atoms with Crippen LogP contribution in [0, 0.1) is 5.82 Å². The van der Waals surface area contributed by atoms with E-state index < -0.39 is 5.82 Å². The molecule has 21 heavy (non-hydrogen) atoms. The summed E-state index contributed by atoms with van der Waals surface area (Å²) < 4.78 is 15.2. The number of rotatable bonds is 3. The van der Waals surface area contributed by atoms with Gasteiger partial charge < -0.3 is 10.6 Å². The Morgan fingerprint density at radius 1 is 1.43 bits per heavy atom. The van der Waals surface area contributed by atoms with Crippen molar-refractivity contribution in [1.82, 2.24) is 25.5 Å². The van der Waals surface area contributed by atoms with Gasteiger partial charge in [-0.05, 0) is 48.0 Å². The Hall–Kier alpha value is -2.35. The first-order valence-corrected chi connectivity index (χ1v) is 6.81. The van der Waals surface area contributed by atoms with Crippen LogP contribution in [-0.4, -0.2) is 38.7 Å². The maximum absolute atomic E-state index is 13.8. The monoisotopic (exact) mass is 290 g/mol. The van der Waals surface area contributed by atoms with Crippen molar-refractivity contribution in [2.75, 3.05) is 11.9 Å². The Kier molecular flexibility index (Phi) is 3.87. The summed E-state index contributed by atoms with van der Waals surface area (Å²) in [7, 11) is 0. The molecule has 2 N–H and O–H groups in total. The molecule has 0 radical (unpaired) electrons. The maximum Gasteiger partial charge on any atom is 0.241 e. The molecule has 0 bridgehead atoms. The van der Waals surface area contributed by atoms with Gasteiger partial charge in [0.25, 0.3) is 0 Å². The van der Waals surface area contributed by atoms with Gasteiger partial charge in [0.2, 0.25) is 5.91 Å². The van der Waals surface area contributed by atoms with E-state index in [-0.39, 0.29) is 17.6 Å². The van der Waals surface area contributed by atoms with Gasteiger partial charge in [-0.3, -0.25) is 4.79 Å². The Morgan fingerprint density at radius 2 is 2.33 bits per heavy atom. The van der Waals surface area contributed by atoms with E-state index in [1.165, 1.54) is 23.1 Å². The molecular formula is C13H15FN6O. The number of carbonyl (C=O) groups excluding carboxylic acids is 1. The molecule has 1 aliphatic rings. The van der Waals surface area contributed by atoms with E-state index in [9.17, 15) is 9.18 Å². The lowest BCUT2D eigenvalue weighted by Gasteiger charge is -2.22. The van der Waals surface area contributed by atoms with Crippen molar-refractivity contribution in [2.45, 2.75) is 25.3 Å². The van der Waals surface area contributed by atoms with Gasteiger partial charge in [-0.15, -0.1) is 5.10 Å². The van der Waals surface area contributed by atoms with Crippen LogP contribution in [0.25, 0.3) is 5.69 Å². The van der Waals surface area contributed by atoms with Crippen LogP contribution in [0.1, 0.15) is 19.3 Å². The lowest BCUT2D eigenvalue weighted by molar-refractivity contribution is -0.118. The summed E-state index contributed by atoms with van der Waals surface area (Å²) in [5, 5.41) is 16.5. The van der Waals surface area contributed by atoms with E-state index in [2.05, 4.69) is 26.2 Å². The quantitative estimate of drug-likeness (QED) is 0.876. The number of tetrazole rings is 1. The molecule has 0 saturated carbocycles. The standard InChI is InChI=1S/C13H15FN6O/c14-10-5-4-9(20-8-16-18-19-20)7-12(10)17-13(21)11-3-1-2-6-15-11/h4-5,7-8,11,15H,1-3,6H2,(H,17,21)/t11-/m0/s1. The summed E-state index contributed by atoms with van der Waals surface area (Å²) in [6.45, 7) is 0.811. The molecular weight excluding hydrogens is 275 g/mol. The third-order valence-corrected chi connectivity index (χ3v) is 3.45. The zero-order chi connectivity index (χ0) is 14.7. The summed E-state index contributed by atoms with van der Waals surface area (Å²) in [5.41, 5.74) is 0.702. The van der Waals surface area contributed by atoms with E-state index in [1.807, 2.05) is 0 Å². The first-order valence-electron chi connectivity index (χ1n) is 6.81. The molecule has 3 rings (SSSR count). The van der Waals surface area contributed by atoms with E-state index >= 15 is 0 Å². The van der Waals surface area contributed by atoms with Crippen molar-refractivity contribution in [3.63, 3.8) is 0 Å². The molecule has 8 heteroatoms. The average Bonchev–Trinajstić information content (AvgIpc) is 3.04. The van der Waals surface area contributed by atoms with Crippen molar-refractivity contribution in [3.8, 4) is 5.69 Å². The normalized spacial score (nSPS) is 18.4. The highest BCUT2D eigenvalue weighted by atomic mass is 19.1. The highest BCUT2D eigenvalue weighted by molar-refractivity contribution is 5.95. The minimum atomic E-state index is -0.490. The highest BCUT2D eigenvalue weighted by Gasteiger charge is 2.21. The van der Waals surface area contributed by atoms with Crippen LogP contribution in [-0.2, 0) is 4.79 Å². The Balaban J connectivity index is 1.78. The first kappa shape index (κ1) is 13.6. The number of halogens is 1. The molecule has 1 aromatic carbocycles. The van der Waals surface area contributed by atoms with Gasteiger partial charge in [0.1, 0.15) is 12.1 Å². The van der Waals surface area contributed by atoms with Crippen LogP contribution >= 0.6 is 0 Å². The zero-order valence-electron chi connectivity index (χ0n) is 11.3. The van der Waals surface area contributed by atoms with E-state index in [0.29, 0.717) is 5.69 Å². The van der Waals surface area contributed by atoms with Crippen LogP contribution in [0.3, 0.4) is 0 Å². The van der Waals surface area contributed by atoms with Crippen molar-refractivity contribution < 1.29 is 9.18 Å². The Morgan fingerprint density at radius 3 is 3.05 bits per heavy atom. The van der Waals surface area contributed by atoms with E-state index in [4.69, 9.17) is 0 Å². The molecule has 0 spiro atoms. The minimum Gasteiger partial charge on any atom is -0.322 e. The third kappa shape index (κ3) is 3.05. The summed E-state index contributed by atoms with van der Waals surface area (Å²) in [4.78, 5) is 12.1. The summed E-state index contributed by atoms with van der Waals surface area (Å²) in [6, 6.07) is 4.06. The molecule has 2 heterocycles. The molecule has 1 aromatic heterocycles. The fourth-order valence-corrected chi connectivity index (χ4v) is 2.33. The van der Waals surface area contributed by atoms with Crippen molar-refractivity contribution in [2.24, 2.45) is 0 Å². The lowest BCUT2D eigenvalue weighted by Crippen LogP contribution is -2.43. The number of nitrogens with zero attached hydrogens (tertiary/aromatic N) is 4. The number of amides is 1. The molecule has 1 fully saturated rings. The first-order chi connectivity index (χ1) is 10.2. The molecule has 1 saturated heterocycles. The maximum atomic E-state index is 13.8. The van der Waals surface area contributed by atoms with E-state index in [0.717, 1.165) is 25.8 Å². The van der Waals surface area contributed by atoms with Crippen molar-refractivity contribution in [1.29, 1.82) is 0 Å². The SMILES string of the molecule is O=C(Nc1cc(-n2cnnn2)ccc1F)[C@@H]1CCCCN1. The number of benzene rings is 1. The van der Waals surface area contributed by atoms with Gasteiger partial charge in [0.15, 0.2) is 0 Å². The lowest BCUT2D eigenvalue weighted by atomic mass is 10.0. The predicted octanol–water partition coefficient (Wildman–Crippen LogP) is 0.882. The van der Waals surface area contributed by atoms with Crippen LogP contribution in [0.4, 0.5) is 10.1 Å². The number of hydrogen-bond donors (Lipinski definition) is 2. The zero-order valence-corrected chi connectivity index (χ0v) is 11.3. The van der Waals surface area contributed by atoms with Gasteiger partial charge in [0.05, 0.1) is 17.4 Å². The number of aromatic nitrogens is 4. The van der Waals surface area contributed by atoms with Gasteiger partial charge >= 0.3 is 0 Å². The molecule has 1 aliphatic heterocycles. The molecule has 2 aromatic rings. The second-order valence-corrected chi connectivity index (χ2v) is 4.91. The number of nitrogens with one attached hydrogen (secondary N) is 2. The number of carbonyl (C=O) groups is 1. The molecule has 1 amide bonds. The second-order valence-electron chi connectivity index (χ2n) is 4.91. The molecule has 0 aliphatic carbocycles.